The van der Waals surface area contributed by atoms with E-state index in [0.717, 1.165) is 0 Å². The lowest BCUT2D eigenvalue weighted by molar-refractivity contribution is 0.726. The zero-order chi connectivity index (χ0) is 12.2. The third-order valence-corrected chi connectivity index (χ3v) is 4.28. The fourth-order valence-corrected chi connectivity index (χ4v) is 3.27. The summed E-state index contributed by atoms with van der Waals surface area (Å²) >= 11 is 0. The Morgan fingerprint density at radius 2 is 0.944 bits per heavy atom. The molecule has 0 unspecified atom stereocenters. The summed E-state index contributed by atoms with van der Waals surface area (Å²) in [5.74, 6) is 0. The summed E-state index contributed by atoms with van der Waals surface area (Å²) in [5, 5.41) is 0. The van der Waals surface area contributed by atoms with E-state index >= 15 is 0 Å². The lowest BCUT2D eigenvalue weighted by atomic mass is 10.2. The molecule has 3 rings (SSSR count). The first kappa shape index (κ1) is 11.9. The predicted octanol–water partition coefficient (Wildman–Crippen LogP) is 3.67. The molecule has 98 valence electrons. The van der Waals surface area contributed by atoms with Gasteiger partial charge in [-0.25, -0.2) is 0 Å². The van der Waals surface area contributed by atoms with Gasteiger partial charge in [0, 0.05) is 26.2 Å². The molecule has 2 nitrogen and oxygen atoms in total. The molecule has 2 fully saturated rings. The fraction of sp³-hybridized carbons (Fsp3) is 0.625. The molecule has 2 aliphatic heterocycles. The van der Waals surface area contributed by atoms with Crippen LogP contribution in [0, 0.1) is 0 Å². The number of hydrogen-bond acceptors (Lipinski definition) is 2. The second-order valence-corrected chi connectivity index (χ2v) is 5.58. The summed E-state index contributed by atoms with van der Waals surface area (Å²) in [6.07, 6.45) is 8.23. The first-order valence-electron chi connectivity index (χ1n) is 7.54. The van der Waals surface area contributed by atoms with E-state index in [0.29, 0.717) is 0 Å². The average Bonchev–Trinajstić information content (AvgIpc) is 2.81. The number of benzene rings is 1. The number of nitrogens with zero attached hydrogens (tertiary/aromatic N) is 2. The van der Waals surface area contributed by atoms with E-state index in [1.54, 1.807) is 0 Å². The summed E-state index contributed by atoms with van der Waals surface area (Å²) in [4.78, 5) is 5.18. The molecule has 0 atom stereocenters. The first-order chi connectivity index (χ1) is 8.95. The molecular formula is C16H24N2. The predicted molar refractivity (Wildman–Crippen MR) is 78.6 cm³/mol. The highest BCUT2D eigenvalue weighted by molar-refractivity contribution is 5.71. The summed E-state index contributed by atoms with van der Waals surface area (Å²) in [6.45, 7) is 4.96. The highest BCUT2D eigenvalue weighted by Gasteiger charge is 2.19. The topological polar surface area (TPSA) is 6.48 Å². The largest absolute Gasteiger partial charge is 0.370 e. The van der Waals surface area contributed by atoms with Gasteiger partial charge in [0.25, 0.3) is 0 Å². The molecule has 1 aromatic carbocycles. The molecule has 0 radical (unpaired) electrons. The summed E-state index contributed by atoms with van der Waals surface area (Å²) in [5.41, 5.74) is 2.94. The lowest BCUT2D eigenvalue weighted by Gasteiger charge is -2.29. The molecule has 2 aliphatic rings. The van der Waals surface area contributed by atoms with Gasteiger partial charge >= 0.3 is 0 Å². The van der Waals surface area contributed by atoms with Gasteiger partial charge < -0.3 is 9.80 Å². The van der Waals surface area contributed by atoms with Crippen LogP contribution in [0.15, 0.2) is 24.3 Å². The van der Waals surface area contributed by atoms with Crippen molar-refractivity contribution in [3.8, 4) is 0 Å². The highest BCUT2D eigenvalue weighted by Crippen LogP contribution is 2.32. The minimum atomic E-state index is 1.24. The Bertz CT molecular complexity index is 374. The molecule has 1 aromatic rings. The summed E-state index contributed by atoms with van der Waals surface area (Å²) < 4.78 is 0. The van der Waals surface area contributed by atoms with E-state index in [2.05, 4.69) is 34.1 Å². The van der Waals surface area contributed by atoms with Crippen LogP contribution in [0.25, 0.3) is 0 Å². The van der Waals surface area contributed by atoms with Gasteiger partial charge in [-0.15, -0.1) is 0 Å². The number of anilines is 2. The van der Waals surface area contributed by atoms with Crippen LogP contribution in [0.4, 0.5) is 11.4 Å². The lowest BCUT2D eigenvalue weighted by Crippen LogP contribution is -2.27. The quantitative estimate of drug-likeness (QED) is 0.783. The van der Waals surface area contributed by atoms with Crippen molar-refractivity contribution in [3.05, 3.63) is 24.3 Å². The van der Waals surface area contributed by atoms with Crippen molar-refractivity contribution >= 4 is 11.4 Å². The van der Waals surface area contributed by atoms with Crippen LogP contribution in [0.3, 0.4) is 0 Å². The van der Waals surface area contributed by atoms with Crippen molar-refractivity contribution in [2.24, 2.45) is 0 Å². The van der Waals surface area contributed by atoms with Gasteiger partial charge in [-0.05, 0) is 37.8 Å². The van der Waals surface area contributed by atoms with E-state index in [1.807, 2.05) is 0 Å². The zero-order valence-electron chi connectivity index (χ0n) is 11.3. The van der Waals surface area contributed by atoms with Crippen molar-refractivity contribution in [1.29, 1.82) is 0 Å². The van der Waals surface area contributed by atoms with Crippen LogP contribution in [-0.4, -0.2) is 26.2 Å². The van der Waals surface area contributed by atoms with E-state index in [-0.39, 0.29) is 0 Å². The Hall–Kier alpha value is -1.18. The van der Waals surface area contributed by atoms with Crippen molar-refractivity contribution in [3.63, 3.8) is 0 Å². The van der Waals surface area contributed by atoms with E-state index in [4.69, 9.17) is 0 Å². The SMILES string of the molecule is c1ccc(N2CCCC2)c(N2CCCCCC2)c1. The van der Waals surface area contributed by atoms with Crippen molar-refractivity contribution in [1.82, 2.24) is 0 Å². The number of rotatable bonds is 2. The van der Waals surface area contributed by atoms with E-state index in [1.165, 1.54) is 76.1 Å². The number of hydrogen-bond donors (Lipinski definition) is 0. The minimum Gasteiger partial charge on any atom is -0.370 e. The van der Waals surface area contributed by atoms with Crippen LogP contribution in [-0.2, 0) is 0 Å². The van der Waals surface area contributed by atoms with Gasteiger partial charge in [-0.1, -0.05) is 25.0 Å². The molecule has 2 heteroatoms. The fourth-order valence-electron chi connectivity index (χ4n) is 3.27. The molecule has 2 heterocycles. The van der Waals surface area contributed by atoms with E-state index in [9.17, 15) is 0 Å². The summed E-state index contributed by atoms with van der Waals surface area (Å²) in [6, 6.07) is 9.01. The second kappa shape index (κ2) is 5.64. The first-order valence-corrected chi connectivity index (χ1v) is 7.54. The minimum absolute atomic E-state index is 1.24. The van der Waals surface area contributed by atoms with Crippen LogP contribution in [0.1, 0.15) is 38.5 Å². The van der Waals surface area contributed by atoms with Crippen molar-refractivity contribution in [2.45, 2.75) is 38.5 Å². The monoisotopic (exact) mass is 244 g/mol. The summed E-state index contributed by atoms with van der Waals surface area (Å²) in [7, 11) is 0. The Morgan fingerprint density at radius 3 is 1.39 bits per heavy atom. The Morgan fingerprint density at radius 1 is 0.556 bits per heavy atom. The molecule has 0 aliphatic carbocycles. The molecule has 0 spiro atoms. The third-order valence-electron chi connectivity index (χ3n) is 4.28. The third kappa shape index (κ3) is 2.47. The maximum atomic E-state index is 2.61. The van der Waals surface area contributed by atoms with Crippen molar-refractivity contribution < 1.29 is 0 Å². The molecule has 0 N–H and O–H groups in total. The Labute approximate surface area is 111 Å². The van der Waals surface area contributed by atoms with Gasteiger partial charge in [0.1, 0.15) is 0 Å². The Balaban J connectivity index is 1.85. The normalized spacial score (nSPS) is 21.1. The standard InChI is InChI=1S/C16H24N2/c1-2-6-12-17(11-5-1)15-9-3-4-10-16(15)18-13-7-8-14-18/h3-4,9-10H,1-2,5-8,11-14H2. The maximum Gasteiger partial charge on any atom is 0.0604 e. The smallest absolute Gasteiger partial charge is 0.0604 e. The van der Waals surface area contributed by atoms with Crippen molar-refractivity contribution in [2.75, 3.05) is 36.0 Å². The van der Waals surface area contributed by atoms with Gasteiger partial charge in [0.05, 0.1) is 11.4 Å². The molecule has 18 heavy (non-hydrogen) atoms. The van der Waals surface area contributed by atoms with Gasteiger partial charge in [-0.2, -0.15) is 0 Å². The zero-order valence-corrected chi connectivity index (χ0v) is 11.3. The maximum absolute atomic E-state index is 2.61. The van der Waals surface area contributed by atoms with Crippen LogP contribution >= 0.6 is 0 Å². The Kier molecular flexibility index (Phi) is 3.72. The van der Waals surface area contributed by atoms with Crippen LogP contribution in [0.2, 0.25) is 0 Å². The number of para-hydroxylation sites is 2. The van der Waals surface area contributed by atoms with Crippen LogP contribution in [0.5, 0.6) is 0 Å². The van der Waals surface area contributed by atoms with Gasteiger partial charge in [0.2, 0.25) is 0 Å². The molecular weight excluding hydrogens is 220 g/mol. The molecule has 0 saturated carbocycles. The average molecular weight is 244 g/mol. The van der Waals surface area contributed by atoms with E-state index < -0.39 is 0 Å². The molecule has 0 bridgehead atoms. The second-order valence-electron chi connectivity index (χ2n) is 5.58. The van der Waals surface area contributed by atoms with Gasteiger partial charge in [-0.3, -0.25) is 0 Å². The van der Waals surface area contributed by atoms with Gasteiger partial charge in [0.15, 0.2) is 0 Å². The molecule has 2 saturated heterocycles. The highest BCUT2D eigenvalue weighted by atomic mass is 15.2. The van der Waals surface area contributed by atoms with Crippen LogP contribution < -0.4 is 9.80 Å². The molecule has 0 amide bonds. The molecule has 0 aromatic heterocycles.